The highest BCUT2D eigenvalue weighted by atomic mass is 35.5. The molecule has 0 bridgehead atoms. The Morgan fingerprint density at radius 2 is 2.21 bits per heavy atom. The van der Waals surface area contributed by atoms with Crippen molar-refractivity contribution in [2.45, 2.75) is 13.0 Å². The first kappa shape index (κ1) is 13.9. The maximum atomic E-state index is 10.8. The van der Waals surface area contributed by atoms with Crippen LogP contribution in [0.3, 0.4) is 0 Å². The topological polar surface area (TPSA) is 35.5 Å². The van der Waals surface area contributed by atoms with Gasteiger partial charge in [-0.15, -0.1) is 11.3 Å². The Balaban J connectivity index is 2.31. The van der Waals surface area contributed by atoms with Gasteiger partial charge in [-0.25, -0.2) is 0 Å². The maximum Gasteiger partial charge on any atom is 0.180 e. The smallest absolute Gasteiger partial charge is 0.180 e. The molecule has 0 N–H and O–H groups in total. The van der Waals surface area contributed by atoms with Crippen LogP contribution in [0, 0.1) is 0 Å². The normalized spacial score (nSPS) is 11.9. The second-order valence-electron chi connectivity index (χ2n) is 3.93. The van der Waals surface area contributed by atoms with E-state index >= 15 is 0 Å². The first-order valence-electron chi connectivity index (χ1n) is 5.68. The average molecular weight is 297 g/mol. The Morgan fingerprint density at radius 1 is 1.42 bits per heavy atom. The summed E-state index contributed by atoms with van der Waals surface area (Å²) in [6.45, 7) is 1.94. The summed E-state index contributed by atoms with van der Waals surface area (Å²) in [7, 11) is 1.52. The predicted molar refractivity (Wildman–Crippen MR) is 76.8 cm³/mol. The molecular formula is C14H13ClO3S. The van der Waals surface area contributed by atoms with E-state index in [-0.39, 0.29) is 6.10 Å². The third-order valence-electron chi connectivity index (χ3n) is 2.63. The van der Waals surface area contributed by atoms with E-state index in [9.17, 15) is 4.79 Å². The Hall–Kier alpha value is -1.52. The molecule has 0 fully saturated rings. The summed E-state index contributed by atoms with van der Waals surface area (Å²) in [5, 5.41) is 2.36. The van der Waals surface area contributed by atoms with Crippen molar-refractivity contribution in [2.75, 3.05) is 7.11 Å². The molecule has 3 nitrogen and oxygen atoms in total. The lowest BCUT2D eigenvalue weighted by molar-refractivity contribution is 0.112. The first-order chi connectivity index (χ1) is 9.15. The molecule has 0 aliphatic rings. The van der Waals surface area contributed by atoms with E-state index in [0.29, 0.717) is 22.1 Å². The van der Waals surface area contributed by atoms with Crippen LogP contribution in [-0.2, 0) is 0 Å². The zero-order valence-corrected chi connectivity index (χ0v) is 12.1. The van der Waals surface area contributed by atoms with Crippen molar-refractivity contribution >= 4 is 29.2 Å². The van der Waals surface area contributed by atoms with Crippen molar-refractivity contribution in [2.24, 2.45) is 0 Å². The van der Waals surface area contributed by atoms with E-state index in [1.54, 1.807) is 23.5 Å². The number of rotatable bonds is 5. The van der Waals surface area contributed by atoms with Crippen LogP contribution in [0.15, 0.2) is 29.6 Å². The minimum atomic E-state index is -0.131. The summed E-state index contributed by atoms with van der Waals surface area (Å²) in [4.78, 5) is 11.9. The third-order valence-corrected chi connectivity index (χ3v) is 3.94. The molecule has 0 amide bonds. The van der Waals surface area contributed by atoms with Crippen LogP contribution in [0.25, 0.3) is 0 Å². The first-order valence-corrected chi connectivity index (χ1v) is 6.94. The van der Waals surface area contributed by atoms with Gasteiger partial charge in [0.1, 0.15) is 12.4 Å². The van der Waals surface area contributed by atoms with Crippen LogP contribution < -0.4 is 9.47 Å². The monoisotopic (exact) mass is 296 g/mol. The van der Waals surface area contributed by atoms with Crippen molar-refractivity contribution in [3.05, 3.63) is 45.1 Å². The fraction of sp³-hybridized carbons (Fsp3) is 0.214. The molecule has 0 saturated carbocycles. The van der Waals surface area contributed by atoms with Crippen molar-refractivity contribution in [1.29, 1.82) is 0 Å². The van der Waals surface area contributed by atoms with Gasteiger partial charge in [-0.05, 0) is 30.5 Å². The third kappa shape index (κ3) is 3.08. The summed E-state index contributed by atoms with van der Waals surface area (Å²) in [5.41, 5.74) is 0.456. The van der Waals surface area contributed by atoms with Crippen LogP contribution in [0.4, 0.5) is 0 Å². The van der Waals surface area contributed by atoms with Crippen molar-refractivity contribution < 1.29 is 14.3 Å². The molecule has 0 saturated heterocycles. The van der Waals surface area contributed by atoms with Crippen LogP contribution in [-0.4, -0.2) is 13.4 Å². The van der Waals surface area contributed by atoms with Gasteiger partial charge in [0.25, 0.3) is 0 Å². The molecule has 1 atom stereocenters. The number of hydrogen-bond acceptors (Lipinski definition) is 4. The molecule has 1 unspecified atom stereocenters. The molecule has 2 rings (SSSR count). The maximum absolute atomic E-state index is 10.8. The zero-order valence-electron chi connectivity index (χ0n) is 10.6. The summed E-state index contributed by atoms with van der Waals surface area (Å²) >= 11 is 7.75. The lowest BCUT2D eigenvalue weighted by Crippen LogP contribution is -2.03. The van der Waals surface area contributed by atoms with E-state index in [4.69, 9.17) is 21.1 Å². The number of aldehydes is 1. The second-order valence-corrected chi connectivity index (χ2v) is 5.31. The number of methoxy groups -OCH3 is 1. The fourth-order valence-corrected chi connectivity index (χ4v) is 2.65. The predicted octanol–water partition coefficient (Wildman–Crippen LogP) is 4.36. The van der Waals surface area contributed by atoms with Crippen molar-refractivity contribution in [3.8, 4) is 11.5 Å². The number of halogens is 1. The van der Waals surface area contributed by atoms with Crippen molar-refractivity contribution in [1.82, 2.24) is 0 Å². The molecule has 1 aromatic carbocycles. The fourth-order valence-electron chi connectivity index (χ4n) is 1.68. The van der Waals surface area contributed by atoms with Gasteiger partial charge in [-0.2, -0.15) is 0 Å². The van der Waals surface area contributed by atoms with Crippen LogP contribution in [0.2, 0.25) is 5.02 Å². The van der Waals surface area contributed by atoms with Gasteiger partial charge in [0, 0.05) is 10.4 Å². The quantitative estimate of drug-likeness (QED) is 0.769. The molecular weight excluding hydrogens is 284 g/mol. The lowest BCUT2D eigenvalue weighted by Gasteiger charge is -2.17. The highest BCUT2D eigenvalue weighted by Crippen LogP contribution is 2.39. The summed E-state index contributed by atoms with van der Waals surface area (Å²) in [6.07, 6.45) is 0.592. The minimum absolute atomic E-state index is 0.131. The molecule has 2 aromatic rings. The van der Waals surface area contributed by atoms with Crippen LogP contribution in [0.5, 0.6) is 11.5 Å². The minimum Gasteiger partial charge on any atom is -0.493 e. The standard InChI is InChI=1S/C14H13ClO3S/c1-9(13-4-3-5-19-13)18-14-11(15)6-10(8-16)7-12(14)17-2/h3-9H,1-2H3. The molecule has 0 radical (unpaired) electrons. The van der Waals surface area contributed by atoms with Gasteiger partial charge >= 0.3 is 0 Å². The van der Waals surface area contributed by atoms with Gasteiger partial charge in [-0.3, -0.25) is 4.79 Å². The number of benzene rings is 1. The Morgan fingerprint density at radius 3 is 2.79 bits per heavy atom. The highest BCUT2D eigenvalue weighted by molar-refractivity contribution is 7.10. The van der Waals surface area contributed by atoms with Gasteiger partial charge in [0.05, 0.1) is 12.1 Å². The summed E-state index contributed by atoms with van der Waals surface area (Å²) in [5.74, 6) is 0.911. The van der Waals surface area contributed by atoms with E-state index < -0.39 is 0 Å². The SMILES string of the molecule is COc1cc(C=O)cc(Cl)c1OC(C)c1cccs1. The molecule has 0 spiro atoms. The van der Waals surface area contributed by atoms with E-state index in [1.807, 2.05) is 24.4 Å². The number of ether oxygens (including phenoxy) is 2. The molecule has 0 aliphatic heterocycles. The van der Waals surface area contributed by atoms with Gasteiger partial charge in [0.15, 0.2) is 11.5 Å². The molecule has 1 heterocycles. The van der Waals surface area contributed by atoms with Gasteiger partial charge in [0.2, 0.25) is 0 Å². The lowest BCUT2D eigenvalue weighted by atomic mass is 10.2. The molecule has 0 aliphatic carbocycles. The average Bonchev–Trinajstić information content (AvgIpc) is 2.94. The number of thiophene rings is 1. The van der Waals surface area contributed by atoms with E-state index in [2.05, 4.69) is 0 Å². The number of carbonyl (C=O) groups is 1. The number of hydrogen-bond donors (Lipinski definition) is 0. The summed E-state index contributed by atoms with van der Waals surface area (Å²) in [6, 6.07) is 7.13. The molecule has 1 aromatic heterocycles. The Bertz CT molecular complexity index is 566. The molecule has 5 heteroatoms. The summed E-state index contributed by atoms with van der Waals surface area (Å²) < 4.78 is 11.1. The van der Waals surface area contributed by atoms with Crippen molar-refractivity contribution in [3.63, 3.8) is 0 Å². The number of carbonyl (C=O) groups excluding carboxylic acids is 1. The Labute approximate surface area is 120 Å². The van der Waals surface area contributed by atoms with Gasteiger partial charge in [-0.1, -0.05) is 17.7 Å². The van der Waals surface area contributed by atoms with Crippen LogP contribution in [0.1, 0.15) is 28.3 Å². The van der Waals surface area contributed by atoms with E-state index in [1.165, 1.54) is 7.11 Å². The van der Waals surface area contributed by atoms with Gasteiger partial charge < -0.3 is 9.47 Å². The van der Waals surface area contributed by atoms with Crippen LogP contribution >= 0.6 is 22.9 Å². The Kier molecular flexibility index (Phi) is 4.45. The largest absolute Gasteiger partial charge is 0.493 e. The van der Waals surface area contributed by atoms with E-state index in [0.717, 1.165) is 11.2 Å². The molecule has 19 heavy (non-hydrogen) atoms. The second kappa shape index (κ2) is 6.08. The highest BCUT2D eigenvalue weighted by Gasteiger charge is 2.16. The zero-order chi connectivity index (χ0) is 13.8. The molecule has 100 valence electrons.